The van der Waals surface area contributed by atoms with Gasteiger partial charge in [-0.25, -0.2) is 13.2 Å². The molecule has 0 aromatic heterocycles. The molecule has 2 aromatic carbocycles. The first-order chi connectivity index (χ1) is 12.7. The molecule has 0 spiro atoms. The molecular formula is C19H19NO6S. The number of sulfone groups is 1. The van der Waals surface area contributed by atoms with Crippen LogP contribution in [0.4, 0.5) is 5.69 Å². The van der Waals surface area contributed by atoms with Crippen LogP contribution in [-0.2, 0) is 19.4 Å². The molecule has 27 heavy (non-hydrogen) atoms. The number of rotatable bonds is 7. The minimum atomic E-state index is -4.22. The fourth-order valence-electron chi connectivity index (χ4n) is 2.13. The number of carbonyl (C=O) groups is 1. The number of benzene rings is 2. The highest BCUT2D eigenvalue weighted by Gasteiger charge is 2.29. The fraction of sp³-hybridized carbons (Fsp3) is 0.211. The van der Waals surface area contributed by atoms with E-state index in [4.69, 9.17) is 4.74 Å². The van der Waals surface area contributed by atoms with Crippen molar-refractivity contribution >= 4 is 27.6 Å². The summed E-state index contributed by atoms with van der Waals surface area (Å²) in [5.74, 6) is -0.931. The topological polar surface area (TPSA) is 104 Å². The molecule has 7 nitrogen and oxygen atoms in total. The molecule has 2 aromatic rings. The maximum Gasteiger partial charge on any atom is 0.350 e. The maximum atomic E-state index is 13.0. The molecule has 142 valence electrons. The van der Waals surface area contributed by atoms with E-state index in [1.807, 2.05) is 13.8 Å². The van der Waals surface area contributed by atoms with E-state index in [2.05, 4.69) is 0 Å². The average Bonchev–Trinajstić information content (AvgIpc) is 2.65. The number of hydrogen-bond acceptors (Lipinski definition) is 6. The van der Waals surface area contributed by atoms with Crippen molar-refractivity contribution in [2.45, 2.75) is 18.7 Å². The van der Waals surface area contributed by atoms with Gasteiger partial charge in [-0.1, -0.05) is 44.2 Å². The highest BCUT2D eigenvalue weighted by molar-refractivity contribution is 7.96. The summed E-state index contributed by atoms with van der Waals surface area (Å²) in [6.07, 6.45) is 1.24. The van der Waals surface area contributed by atoms with Crippen molar-refractivity contribution in [3.63, 3.8) is 0 Å². The van der Waals surface area contributed by atoms with E-state index < -0.39 is 25.6 Å². The van der Waals surface area contributed by atoms with E-state index in [1.165, 1.54) is 6.08 Å². The third-order valence-corrected chi connectivity index (χ3v) is 5.25. The minimum absolute atomic E-state index is 0.0361. The van der Waals surface area contributed by atoms with Gasteiger partial charge in [0.05, 0.1) is 16.4 Å². The minimum Gasteiger partial charge on any atom is -0.461 e. The number of carbonyl (C=O) groups excluding carboxylic acids is 1. The Morgan fingerprint density at radius 2 is 1.70 bits per heavy atom. The van der Waals surface area contributed by atoms with Gasteiger partial charge in [-0.15, -0.1) is 0 Å². The molecule has 0 unspecified atom stereocenters. The predicted octanol–water partition coefficient (Wildman–Crippen LogP) is 3.61. The summed E-state index contributed by atoms with van der Waals surface area (Å²) in [5, 5.41) is 10.8. The van der Waals surface area contributed by atoms with Gasteiger partial charge in [-0.3, -0.25) is 10.1 Å². The molecule has 2 rings (SSSR count). The Labute approximate surface area is 157 Å². The number of hydrogen-bond donors (Lipinski definition) is 0. The zero-order chi connectivity index (χ0) is 20.0. The van der Waals surface area contributed by atoms with Crippen molar-refractivity contribution in [3.8, 4) is 0 Å². The molecule has 0 N–H and O–H groups in total. The van der Waals surface area contributed by atoms with Gasteiger partial charge in [0, 0.05) is 12.1 Å². The van der Waals surface area contributed by atoms with E-state index in [-0.39, 0.29) is 23.1 Å². The van der Waals surface area contributed by atoms with Crippen LogP contribution >= 0.6 is 0 Å². The molecule has 0 saturated heterocycles. The van der Waals surface area contributed by atoms with Crippen LogP contribution in [0.2, 0.25) is 0 Å². The Kier molecular flexibility index (Phi) is 6.46. The molecule has 0 amide bonds. The summed E-state index contributed by atoms with van der Waals surface area (Å²) in [5.41, 5.74) is 0.268. The van der Waals surface area contributed by atoms with Gasteiger partial charge >= 0.3 is 5.97 Å². The van der Waals surface area contributed by atoms with Crippen molar-refractivity contribution in [2.75, 3.05) is 6.61 Å². The molecule has 0 heterocycles. The van der Waals surface area contributed by atoms with Crippen LogP contribution in [0, 0.1) is 16.0 Å². The molecular weight excluding hydrogens is 370 g/mol. The van der Waals surface area contributed by atoms with Crippen molar-refractivity contribution in [1.82, 2.24) is 0 Å². The standard InChI is InChI=1S/C19H19NO6S/c1-14(2)13-26-19(21)18(12-15-6-4-3-5-7-15)27(24,25)17-10-8-16(9-11-17)20(22)23/h3-12,14H,13H2,1-2H3/b18-12-. The Bertz CT molecular complexity index is 947. The summed E-state index contributed by atoms with van der Waals surface area (Å²) in [4.78, 5) is 21.9. The summed E-state index contributed by atoms with van der Waals surface area (Å²) in [7, 11) is -4.22. The highest BCUT2D eigenvalue weighted by Crippen LogP contribution is 2.25. The Morgan fingerprint density at radius 1 is 1.11 bits per heavy atom. The van der Waals surface area contributed by atoms with Crippen molar-refractivity contribution in [1.29, 1.82) is 0 Å². The molecule has 8 heteroatoms. The van der Waals surface area contributed by atoms with Crippen LogP contribution in [0.5, 0.6) is 0 Å². The quantitative estimate of drug-likeness (QED) is 0.310. The zero-order valence-corrected chi connectivity index (χ0v) is 15.7. The molecule has 0 atom stereocenters. The largest absolute Gasteiger partial charge is 0.461 e. The van der Waals surface area contributed by atoms with Gasteiger partial charge < -0.3 is 4.74 Å². The Morgan fingerprint density at radius 3 is 2.22 bits per heavy atom. The second-order valence-electron chi connectivity index (χ2n) is 6.17. The first kappa shape index (κ1) is 20.3. The molecule has 0 aliphatic rings. The fourth-order valence-corrected chi connectivity index (χ4v) is 3.45. The van der Waals surface area contributed by atoms with Gasteiger partial charge in [-0.2, -0.15) is 0 Å². The van der Waals surface area contributed by atoms with Crippen LogP contribution in [-0.4, -0.2) is 25.9 Å². The van der Waals surface area contributed by atoms with Crippen molar-refractivity contribution in [3.05, 3.63) is 75.2 Å². The lowest BCUT2D eigenvalue weighted by Gasteiger charge is -2.11. The molecule has 0 radical (unpaired) electrons. The number of ether oxygens (including phenoxy) is 1. The molecule has 0 bridgehead atoms. The van der Waals surface area contributed by atoms with Crippen LogP contribution in [0.1, 0.15) is 19.4 Å². The van der Waals surface area contributed by atoms with Crippen LogP contribution in [0.3, 0.4) is 0 Å². The number of nitro groups is 1. The Hall–Kier alpha value is -3.00. The van der Waals surface area contributed by atoms with Crippen molar-refractivity contribution < 1.29 is 22.9 Å². The smallest absolute Gasteiger partial charge is 0.350 e. The van der Waals surface area contributed by atoms with Crippen LogP contribution in [0.15, 0.2) is 64.4 Å². The SMILES string of the molecule is CC(C)COC(=O)/C(=C/c1ccccc1)S(=O)(=O)c1ccc([N+](=O)[O-])cc1. The maximum absolute atomic E-state index is 13.0. The summed E-state index contributed by atoms with van der Waals surface area (Å²) in [6, 6.07) is 12.8. The first-order valence-corrected chi connectivity index (χ1v) is 9.63. The number of esters is 1. The van der Waals surface area contributed by atoms with Gasteiger partial charge in [0.25, 0.3) is 5.69 Å². The first-order valence-electron chi connectivity index (χ1n) is 8.15. The van der Waals surface area contributed by atoms with Crippen molar-refractivity contribution in [2.24, 2.45) is 5.92 Å². The van der Waals surface area contributed by atoms with E-state index >= 15 is 0 Å². The lowest BCUT2D eigenvalue weighted by atomic mass is 10.2. The predicted molar refractivity (Wildman–Crippen MR) is 100 cm³/mol. The molecule has 0 aliphatic carbocycles. The second kappa shape index (κ2) is 8.59. The average molecular weight is 389 g/mol. The lowest BCUT2D eigenvalue weighted by Crippen LogP contribution is -2.18. The normalized spacial score (nSPS) is 12.0. The third-order valence-electron chi connectivity index (χ3n) is 3.49. The van der Waals surface area contributed by atoms with Gasteiger partial charge in [0.2, 0.25) is 9.84 Å². The van der Waals surface area contributed by atoms with Gasteiger partial charge in [0.15, 0.2) is 4.91 Å². The monoisotopic (exact) mass is 389 g/mol. The van der Waals surface area contributed by atoms with E-state index in [0.29, 0.717) is 5.56 Å². The summed E-state index contributed by atoms with van der Waals surface area (Å²) in [6.45, 7) is 3.73. The molecule has 0 fully saturated rings. The van der Waals surface area contributed by atoms with E-state index in [0.717, 1.165) is 24.3 Å². The third kappa shape index (κ3) is 5.24. The number of nitro benzene ring substituents is 1. The molecule has 0 saturated carbocycles. The summed E-state index contributed by atoms with van der Waals surface area (Å²) < 4.78 is 31.0. The highest BCUT2D eigenvalue weighted by atomic mass is 32.2. The van der Waals surface area contributed by atoms with E-state index in [1.54, 1.807) is 30.3 Å². The van der Waals surface area contributed by atoms with Crippen LogP contribution in [0.25, 0.3) is 6.08 Å². The Balaban J connectivity index is 2.49. The number of nitrogens with zero attached hydrogens (tertiary/aromatic N) is 1. The molecule has 0 aliphatic heterocycles. The lowest BCUT2D eigenvalue weighted by molar-refractivity contribution is -0.384. The van der Waals surface area contributed by atoms with Crippen LogP contribution < -0.4 is 0 Å². The zero-order valence-electron chi connectivity index (χ0n) is 14.9. The number of non-ortho nitro benzene ring substituents is 1. The second-order valence-corrected chi connectivity index (χ2v) is 8.08. The van der Waals surface area contributed by atoms with E-state index in [9.17, 15) is 23.3 Å². The van der Waals surface area contributed by atoms with Gasteiger partial charge in [0.1, 0.15) is 0 Å². The summed E-state index contributed by atoms with van der Waals surface area (Å²) >= 11 is 0. The van der Waals surface area contributed by atoms with Gasteiger partial charge in [-0.05, 0) is 29.7 Å².